The molecule has 19 heavy (non-hydrogen) atoms. The van der Waals surface area contributed by atoms with Crippen molar-refractivity contribution >= 4 is 41.3 Å². The highest BCUT2D eigenvalue weighted by Gasteiger charge is 2.05. The van der Waals surface area contributed by atoms with Crippen LogP contribution in [0.15, 0.2) is 10.5 Å². The highest BCUT2D eigenvalue weighted by molar-refractivity contribution is 14.0. The molecule has 7 heteroatoms. The van der Waals surface area contributed by atoms with Crippen molar-refractivity contribution in [3.63, 3.8) is 0 Å². The van der Waals surface area contributed by atoms with E-state index in [1.54, 1.807) is 18.4 Å². The molecule has 0 aliphatic carbocycles. The standard InChI is InChI=1S/C12H22N4OS.HI/c1-5-13-12(16-9(2)7-17-4)14-6-11-10(3)15-8-18-11;/h8-9H,5-7H2,1-4H3,(H2,13,14,16);1H. The predicted octanol–water partition coefficient (Wildman–Crippen LogP) is 2.16. The van der Waals surface area contributed by atoms with Crippen LogP contribution in [0.2, 0.25) is 0 Å². The summed E-state index contributed by atoms with van der Waals surface area (Å²) in [4.78, 5) is 9.97. The maximum absolute atomic E-state index is 5.10. The van der Waals surface area contributed by atoms with Gasteiger partial charge in [-0.3, -0.25) is 0 Å². The van der Waals surface area contributed by atoms with Gasteiger partial charge in [-0.1, -0.05) is 0 Å². The van der Waals surface area contributed by atoms with E-state index in [-0.39, 0.29) is 30.0 Å². The van der Waals surface area contributed by atoms with Gasteiger partial charge < -0.3 is 15.4 Å². The third-order valence-corrected chi connectivity index (χ3v) is 3.29. The van der Waals surface area contributed by atoms with E-state index in [0.29, 0.717) is 13.2 Å². The van der Waals surface area contributed by atoms with Gasteiger partial charge in [-0.25, -0.2) is 9.98 Å². The summed E-state index contributed by atoms with van der Waals surface area (Å²) in [5.41, 5.74) is 2.92. The molecule has 0 aliphatic heterocycles. The first kappa shape index (κ1) is 18.6. The Kier molecular flexibility index (Phi) is 10.2. The first-order valence-corrected chi connectivity index (χ1v) is 6.98. The lowest BCUT2D eigenvalue weighted by molar-refractivity contribution is 0.179. The Balaban J connectivity index is 0.00000324. The summed E-state index contributed by atoms with van der Waals surface area (Å²) < 4.78 is 5.10. The molecule has 1 atom stereocenters. The molecule has 0 fully saturated rings. The van der Waals surface area contributed by atoms with Gasteiger partial charge >= 0.3 is 0 Å². The summed E-state index contributed by atoms with van der Waals surface area (Å²) in [7, 11) is 1.70. The van der Waals surface area contributed by atoms with Crippen molar-refractivity contribution in [1.29, 1.82) is 0 Å². The average molecular weight is 398 g/mol. The Hall–Kier alpha value is -0.410. The molecule has 1 unspecified atom stereocenters. The monoisotopic (exact) mass is 398 g/mol. The SMILES string of the molecule is CCNC(=NCc1scnc1C)NC(C)COC.I. The van der Waals surface area contributed by atoms with Crippen LogP contribution in [0, 0.1) is 6.92 Å². The molecule has 0 aliphatic rings. The number of aliphatic imine (C=N–C) groups is 1. The Morgan fingerprint density at radius 3 is 2.84 bits per heavy atom. The average Bonchev–Trinajstić information content (AvgIpc) is 2.72. The van der Waals surface area contributed by atoms with Crippen LogP contribution in [0.5, 0.6) is 0 Å². The molecule has 0 bridgehead atoms. The van der Waals surface area contributed by atoms with Crippen LogP contribution in [-0.4, -0.2) is 37.2 Å². The summed E-state index contributed by atoms with van der Waals surface area (Å²) in [5, 5.41) is 6.52. The molecule has 0 saturated heterocycles. The summed E-state index contributed by atoms with van der Waals surface area (Å²) in [6.45, 7) is 8.28. The normalized spacial score (nSPS) is 12.7. The molecule has 0 radical (unpaired) electrons. The highest BCUT2D eigenvalue weighted by Crippen LogP contribution is 2.12. The smallest absolute Gasteiger partial charge is 0.191 e. The number of ether oxygens (including phenoxy) is 1. The molecule has 1 heterocycles. The van der Waals surface area contributed by atoms with Crippen LogP contribution in [0.1, 0.15) is 24.4 Å². The van der Waals surface area contributed by atoms with Gasteiger partial charge in [0.1, 0.15) is 0 Å². The van der Waals surface area contributed by atoms with Gasteiger partial charge in [0.25, 0.3) is 0 Å². The Morgan fingerprint density at radius 1 is 1.58 bits per heavy atom. The van der Waals surface area contributed by atoms with Gasteiger partial charge in [0.2, 0.25) is 0 Å². The molecule has 110 valence electrons. The molecular formula is C12H23IN4OS. The van der Waals surface area contributed by atoms with Gasteiger partial charge in [0, 0.05) is 24.6 Å². The number of nitrogens with one attached hydrogen (secondary N) is 2. The zero-order valence-corrected chi connectivity index (χ0v) is 15.0. The minimum Gasteiger partial charge on any atom is -0.383 e. The number of methoxy groups -OCH3 is 1. The number of hydrogen-bond donors (Lipinski definition) is 2. The first-order valence-electron chi connectivity index (χ1n) is 6.10. The molecule has 1 rings (SSSR count). The summed E-state index contributed by atoms with van der Waals surface area (Å²) in [6.07, 6.45) is 0. The van der Waals surface area contributed by atoms with Gasteiger partial charge in [-0.05, 0) is 20.8 Å². The lowest BCUT2D eigenvalue weighted by Crippen LogP contribution is -2.43. The van der Waals surface area contributed by atoms with Crippen LogP contribution in [0.4, 0.5) is 0 Å². The Morgan fingerprint density at radius 2 is 2.32 bits per heavy atom. The molecule has 0 amide bonds. The third-order valence-electron chi connectivity index (χ3n) is 2.37. The molecule has 0 aromatic carbocycles. The van der Waals surface area contributed by atoms with Crippen LogP contribution in [0.25, 0.3) is 0 Å². The van der Waals surface area contributed by atoms with E-state index in [0.717, 1.165) is 18.2 Å². The lowest BCUT2D eigenvalue weighted by atomic mass is 10.3. The van der Waals surface area contributed by atoms with E-state index in [2.05, 4.69) is 34.5 Å². The van der Waals surface area contributed by atoms with Crippen molar-refractivity contribution in [2.75, 3.05) is 20.3 Å². The number of aromatic nitrogens is 1. The summed E-state index contributed by atoms with van der Waals surface area (Å²) in [5.74, 6) is 0.815. The Bertz CT molecular complexity index is 384. The lowest BCUT2D eigenvalue weighted by Gasteiger charge is -2.16. The number of halogens is 1. The van der Waals surface area contributed by atoms with Gasteiger partial charge in [-0.2, -0.15) is 0 Å². The minimum atomic E-state index is 0. The molecule has 2 N–H and O–H groups in total. The van der Waals surface area contributed by atoms with Crippen LogP contribution < -0.4 is 10.6 Å². The molecule has 0 spiro atoms. The number of nitrogens with zero attached hydrogens (tertiary/aromatic N) is 2. The topological polar surface area (TPSA) is 58.5 Å². The summed E-state index contributed by atoms with van der Waals surface area (Å²) in [6, 6.07) is 0.232. The van der Waals surface area contributed by atoms with E-state index >= 15 is 0 Å². The van der Waals surface area contributed by atoms with Gasteiger partial charge in [0.15, 0.2) is 5.96 Å². The maximum atomic E-state index is 5.10. The first-order chi connectivity index (χ1) is 8.67. The molecule has 0 saturated carbocycles. The highest BCUT2D eigenvalue weighted by atomic mass is 127. The third kappa shape index (κ3) is 7.07. The second-order valence-corrected chi connectivity index (χ2v) is 5.00. The van der Waals surface area contributed by atoms with Crippen LogP contribution in [-0.2, 0) is 11.3 Å². The number of thiazole rings is 1. The number of aryl methyl sites for hydroxylation is 1. The molecule has 1 aromatic heterocycles. The largest absolute Gasteiger partial charge is 0.383 e. The van der Waals surface area contributed by atoms with E-state index in [1.165, 1.54) is 4.88 Å². The second-order valence-electron chi connectivity index (χ2n) is 4.06. The van der Waals surface area contributed by atoms with E-state index in [1.807, 2.05) is 12.4 Å². The predicted molar refractivity (Wildman–Crippen MR) is 91.6 cm³/mol. The fourth-order valence-corrected chi connectivity index (χ4v) is 2.17. The van der Waals surface area contributed by atoms with Gasteiger partial charge in [0.05, 0.1) is 24.4 Å². The van der Waals surface area contributed by atoms with E-state index < -0.39 is 0 Å². The van der Waals surface area contributed by atoms with Crippen LogP contribution in [0.3, 0.4) is 0 Å². The van der Waals surface area contributed by atoms with Crippen molar-refractivity contribution < 1.29 is 4.74 Å². The number of rotatable bonds is 6. The van der Waals surface area contributed by atoms with Crippen molar-refractivity contribution in [1.82, 2.24) is 15.6 Å². The second kappa shape index (κ2) is 10.4. The van der Waals surface area contributed by atoms with Crippen LogP contribution >= 0.6 is 35.3 Å². The quantitative estimate of drug-likeness (QED) is 0.438. The summed E-state index contributed by atoms with van der Waals surface area (Å²) >= 11 is 1.64. The zero-order chi connectivity index (χ0) is 13.4. The van der Waals surface area contributed by atoms with Crippen molar-refractivity contribution in [2.45, 2.75) is 33.4 Å². The molecular weight excluding hydrogens is 375 g/mol. The van der Waals surface area contributed by atoms with Crippen molar-refractivity contribution in [2.24, 2.45) is 4.99 Å². The van der Waals surface area contributed by atoms with E-state index in [9.17, 15) is 0 Å². The number of guanidine groups is 1. The van der Waals surface area contributed by atoms with E-state index in [4.69, 9.17) is 4.74 Å². The molecule has 1 aromatic rings. The van der Waals surface area contributed by atoms with Crippen molar-refractivity contribution in [3.05, 3.63) is 16.1 Å². The molecule has 5 nitrogen and oxygen atoms in total. The maximum Gasteiger partial charge on any atom is 0.191 e. The minimum absolute atomic E-state index is 0. The Labute approximate surface area is 136 Å². The fraction of sp³-hybridized carbons (Fsp3) is 0.667. The van der Waals surface area contributed by atoms with Gasteiger partial charge in [-0.15, -0.1) is 35.3 Å². The zero-order valence-electron chi connectivity index (χ0n) is 11.9. The van der Waals surface area contributed by atoms with Crippen molar-refractivity contribution in [3.8, 4) is 0 Å². The fourth-order valence-electron chi connectivity index (χ4n) is 1.47. The number of hydrogen-bond acceptors (Lipinski definition) is 4.